The Labute approximate surface area is 120 Å². The first-order chi connectivity index (χ1) is 8.92. The lowest BCUT2D eigenvalue weighted by molar-refractivity contribution is -0.174. The zero-order chi connectivity index (χ0) is 14.3. The van der Waals surface area contributed by atoms with Gasteiger partial charge in [-0.1, -0.05) is 45.8 Å². The predicted molar refractivity (Wildman–Crippen MR) is 73.8 cm³/mol. The molecule has 1 atom stereocenters. The minimum absolute atomic E-state index is 0.148. The Bertz CT molecular complexity index is 379. The van der Waals surface area contributed by atoms with Crippen LogP contribution >= 0.6 is 15.9 Å². The highest BCUT2D eigenvalue weighted by atomic mass is 79.9. The lowest BCUT2D eigenvalue weighted by Gasteiger charge is -2.15. The summed E-state index contributed by atoms with van der Waals surface area (Å²) >= 11 is 3.46. The van der Waals surface area contributed by atoms with E-state index in [1.807, 2.05) is 19.1 Å². The third-order valence-corrected chi connectivity index (χ3v) is 3.59. The molecule has 0 saturated heterocycles. The zero-order valence-corrected chi connectivity index (χ0v) is 12.4. The fourth-order valence-electron chi connectivity index (χ4n) is 1.88. The number of benzene rings is 1. The van der Waals surface area contributed by atoms with Crippen LogP contribution in [0.2, 0.25) is 0 Å². The molecular weight excluding hydrogens is 321 g/mol. The fourth-order valence-corrected chi connectivity index (χ4v) is 2.57. The molecule has 0 aliphatic heterocycles. The van der Waals surface area contributed by atoms with Crippen LogP contribution in [0.5, 0.6) is 0 Å². The van der Waals surface area contributed by atoms with Crippen LogP contribution in [0, 0.1) is 6.92 Å². The van der Waals surface area contributed by atoms with E-state index >= 15 is 0 Å². The number of hydrogen-bond donors (Lipinski definition) is 0. The largest absolute Gasteiger partial charge is 0.411 e. The second-order valence-corrected chi connectivity index (χ2v) is 5.22. The van der Waals surface area contributed by atoms with Crippen molar-refractivity contribution in [3.8, 4) is 0 Å². The molecule has 0 aliphatic carbocycles. The van der Waals surface area contributed by atoms with E-state index in [4.69, 9.17) is 0 Å². The highest BCUT2D eigenvalue weighted by Crippen LogP contribution is 2.24. The maximum Gasteiger partial charge on any atom is 0.411 e. The van der Waals surface area contributed by atoms with Crippen LogP contribution in [0.1, 0.15) is 29.9 Å². The Hall–Kier alpha value is -0.550. The number of aryl methyl sites for hydroxylation is 1. The van der Waals surface area contributed by atoms with Gasteiger partial charge in [-0.2, -0.15) is 13.2 Å². The Kier molecular flexibility index (Phi) is 6.86. The average molecular weight is 339 g/mol. The number of ether oxygens (including phenoxy) is 1. The van der Waals surface area contributed by atoms with Gasteiger partial charge in [0.15, 0.2) is 0 Å². The van der Waals surface area contributed by atoms with E-state index in [1.165, 1.54) is 11.1 Å². The van der Waals surface area contributed by atoms with E-state index in [2.05, 4.69) is 32.8 Å². The molecule has 1 aromatic carbocycles. The van der Waals surface area contributed by atoms with E-state index in [0.717, 1.165) is 11.8 Å². The van der Waals surface area contributed by atoms with Gasteiger partial charge in [0.05, 0.1) is 0 Å². The van der Waals surface area contributed by atoms with Crippen molar-refractivity contribution < 1.29 is 17.9 Å². The van der Waals surface area contributed by atoms with Crippen LogP contribution in [-0.2, 0) is 4.74 Å². The van der Waals surface area contributed by atoms with Crippen molar-refractivity contribution in [1.29, 1.82) is 0 Å². The molecule has 1 nitrogen and oxygen atoms in total. The van der Waals surface area contributed by atoms with Gasteiger partial charge in [-0.3, -0.25) is 0 Å². The fraction of sp³-hybridized carbons (Fsp3) is 0.571. The van der Waals surface area contributed by atoms with E-state index in [0.29, 0.717) is 12.3 Å². The number of rotatable bonds is 7. The molecule has 1 aromatic rings. The van der Waals surface area contributed by atoms with Gasteiger partial charge >= 0.3 is 6.18 Å². The van der Waals surface area contributed by atoms with Gasteiger partial charge in [-0.05, 0) is 31.2 Å². The molecule has 0 N–H and O–H groups in total. The summed E-state index contributed by atoms with van der Waals surface area (Å²) in [5.74, 6) is 0.314. The van der Waals surface area contributed by atoms with Gasteiger partial charge < -0.3 is 4.74 Å². The topological polar surface area (TPSA) is 9.23 Å². The molecule has 1 unspecified atom stereocenters. The van der Waals surface area contributed by atoms with Crippen molar-refractivity contribution >= 4 is 15.9 Å². The maximum atomic E-state index is 11.9. The number of hydrogen-bond acceptors (Lipinski definition) is 1. The molecule has 0 radical (unpaired) electrons. The monoisotopic (exact) mass is 338 g/mol. The van der Waals surface area contributed by atoms with E-state index in [9.17, 15) is 13.2 Å². The second-order valence-electron chi connectivity index (χ2n) is 4.58. The van der Waals surface area contributed by atoms with E-state index in [1.54, 1.807) is 0 Å². The van der Waals surface area contributed by atoms with Gasteiger partial charge in [-0.25, -0.2) is 0 Å². The maximum absolute atomic E-state index is 11.9. The van der Waals surface area contributed by atoms with E-state index in [-0.39, 0.29) is 6.61 Å². The molecule has 19 heavy (non-hydrogen) atoms. The van der Waals surface area contributed by atoms with E-state index < -0.39 is 12.8 Å². The molecule has 0 spiro atoms. The van der Waals surface area contributed by atoms with Gasteiger partial charge in [0, 0.05) is 11.9 Å². The molecule has 0 amide bonds. The Morgan fingerprint density at radius 1 is 1.32 bits per heavy atom. The third-order valence-electron chi connectivity index (χ3n) is 2.81. The summed E-state index contributed by atoms with van der Waals surface area (Å²) in [4.78, 5) is 0. The van der Waals surface area contributed by atoms with Gasteiger partial charge in [0.2, 0.25) is 0 Å². The summed E-state index contributed by atoms with van der Waals surface area (Å²) in [5.41, 5.74) is 2.41. The number of halogens is 4. The van der Waals surface area contributed by atoms with Crippen molar-refractivity contribution in [1.82, 2.24) is 0 Å². The summed E-state index contributed by atoms with van der Waals surface area (Å²) in [6, 6.07) is 8.19. The predicted octanol–water partition coefficient (Wildman–Crippen LogP) is 4.83. The van der Waals surface area contributed by atoms with Crippen LogP contribution in [0.25, 0.3) is 0 Å². The molecule has 108 valence electrons. The molecule has 5 heteroatoms. The molecule has 0 aliphatic rings. The summed E-state index contributed by atoms with van der Waals surface area (Å²) < 4.78 is 40.3. The Morgan fingerprint density at radius 2 is 2.05 bits per heavy atom. The third kappa shape index (κ3) is 6.97. The molecule has 0 bridgehead atoms. The first-order valence-electron chi connectivity index (χ1n) is 6.19. The standard InChI is InChI=1S/C14H18BrF3O/c1-11-4-2-5-12(8-11)13(9-15)6-3-7-19-10-14(16,17)18/h2,4-5,8,13H,3,6-7,9-10H2,1H3. The van der Waals surface area contributed by atoms with Crippen molar-refractivity contribution in [2.24, 2.45) is 0 Å². The molecule has 0 saturated carbocycles. The summed E-state index contributed by atoms with van der Waals surface area (Å²) in [7, 11) is 0. The molecule has 1 rings (SSSR count). The smallest absolute Gasteiger partial charge is 0.372 e. The first-order valence-corrected chi connectivity index (χ1v) is 7.31. The average Bonchev–Trinajstić information content (AvgIpc) is 2.32. The Balaban J connectivity index is 2.34. The van der Waals surface area contributed by atoms with Crippen LogP contribution in [0.15, 0.2) is 24.3 Å². The second kappa shape index (κ2) is 7.90. The minimum atomic E-state index is -4.23. The zero-order valence-electron chi connectivity index (χ0n) is 10.8. The van der Waals surface area contributed by atoms with Crippen molar-refractivity contribution in [3.05, 3.63) is 35.4 Å². The molecule has 0 aromatic heterocycles. The Morgan fingerprint density at radius 3 is 2.63 bits per heavy atom. The van der Waals surface area contributed by atoms with Crippen molar-refractivity contribution in [2.75, 3.05) is 18.5 Å². The summed E-state index contributed by atoms with van der Waals surface area (Å²) in [6.45, 7) is 1.02. The van der Waals surface area contributed by atoms with Crippen LogP contribution in [0.4, 0.5) is 13.2 Å². The van der Waals surface area contributed by atoms with Crippen LogP contribution in [-0.4, -0.2) is 24.7 Å². The van der Waals surface area contributed by atoms with Crippen molar-refractivity contribution in [2.45, 2.75) is 31.9 Å². The van der Waals surface area contributed by atoms with Gasteiger partial charge in [-0.15, -0.1) is 0 Å². The quantitative estimate of drug-likeness (QED) is 0.511. The normalized spacial score (nSPS) is 13.5. The van der Waals surface area contributed by atoms with Gasteiger partial charge in [0.1, 0.15) is 6.61 Å². The highest BCUT2D eigenvalue weighted by molar-refractivity contribution is 9.09. The SMILES string of the molecule is Cc1cccc(C(CBr)CCCOCC(F)(F)F)c1. The summed E-state index contributed by atoms with van der Waals surface area (Å²) in [5, 5.41) is 0.801. The lowest BCUT2D eigenvalue weighted by Crippen LogP contribution is -2.17. The van der Waals surface area contributed by atoms with Crippen LogP contribution < -0.4 is 0 Å². The lowest BCUT2D eigenvalue weighted by atomic mass is 9.95. The number of alkyl halides is 4. The highest BCUT2D eigenvalue weighted by Gasteiger charge is 2.27. The molecular formula is C14H18BrF3O. The molecule has 0 heterocycles. The minimum Gasteiger partial charge on any atom is -0.372 e. The van der Waals surface area contributed by atoms with Crippen molar-refractivity contribution in [3.63, 3.8) is 0 Å². The first kappa shape index (κ1) is 16.5. The molecule has 0 fully saturated rings. The van der Waals surface area contributed by atoms with Gasteiger partial charge in [0.25, 0.3) is 0 Å². The summed E-state index contributed by atoms with van der Waals surface area (Å²) in [6.07, 6.45) is -2.79. The van der Waals surface area contributed by atoms with Crippen LogP contribution in [0.3, 0.4) is 0 Å².